The summed E-state index contributed by atoms with van der Waals surface area (Å²) in [4.78, 5) is 4.21. The van der Waals surface area contributed by atoms with E-state index >= 15 is 0 Å². The molecule has 1 atom stereocenters. The van der Waals surface area contributed by atoms with Gasteiger partial charge in [-0.25, -0.2) is 9.67 Å². The van der Waals surface area contributed by atoms with Crippen LogP contribution in [0.2, 0.25) is 0 Å². The molecule has 0 saturated heterocycles. The van der Waals surface area contributed by atoms with E-state index in [0.717, 1.165) is 23.4 Å². The highest BCUT2D eigenvalue weighted by molar-refractivity contribution is 7.99. The van der Waals surface area contributed by atoms with Crippen molar-refractivity contribution in [2.24, 2.45) is 13.0 Å². The summed E-state index contributed by atoms with van der Waals surface area (Å²) in [6.07, 6.45) is 4.38. The van der Waals surface area contributed by atoms with Gasteiger partial charge in [-0.05, 0) is 25.3 Å². The first-order valence-electron chi connectivity index (χ1n) is 5.51. The van der Waals surface area contributed by atoms with E-state index < -0.39 is 0 Å². The lowest BCUT2D eigenvalue weighted by atomic mass is 10.2. The Morgan fingerprint density at radius 3 is 3.00 bits per heavy atom. The number of aromatic nitrogens is 3. The van der Waals surface area contributed by atoms with E-state index in [1.165, 1.54) is 12.8 Å². The molecule has 2 rings (SSSR count). The molecule has 0 spiro atoms. The van der Waals surface area contributed by atoms with Crippen molar-refractivity contribution in [2.75, 3.05) is 12.3 Å². The minimum absolute atomic E-state index is 0.650. The van der Waals surface area contributed by atoms with Crippen molar-refractivity contribution < 1.29 is 0 Å². The van der Waals surface area contributed by atoms with Gasteiger partial charge in [-0.15, -0.1) is 0 Å². The van der Waals surface area contributed by atoms with E-state index in [4.69, 9.17) is 0 Å². The third kappa shape index (κ3) is 2.95. The molecule has 84 valence electrons. The standard InChI is InChI=1S/C10H18N4S/c1-3-11-9(8-4-5-8)6-15-10-12-7-13-14(10)2/h7-9,11H,3-6H2,1-2H3. The Bertz CT molecular complexity index is 308. The first kappa shape index (κ1) is 11.0. The van der Waals surface area contributed by atoms with E-state index in [2.05, 4.69) is 22.3 Å². The van der Waals surface area contributed by atoms with Crippen LogP contribution in [0.4, 0.5) is 0 Å². The molecule has 1 aliphatic carbocycles. The predicted octanol–water partition coefficient (Wildman–Crippen LogP) is 1.30. The van der Waals surface area contributed by atoms with Gasteiger partial charge in [0.15, 0.2) is 5.16 Å². The maximum absolute atomic E-state index is 4.21. The van der Waals surface area contributed by atoms with Gasteiger partial charge in [-0.1, -0.05) is 18.7 Å². The highest BCUT2D eigenvalue weighted by Gasteiger charge is 2.30. The zero-order valence-corrected chi connectivity index (χ0v) is 10.1. The van der Waals surface area contributed by atoms with Crippen molar-refractivity contribution in [2.45, 2.75) is 31.0 Å². The molecule has 5 heteroatoms. The fourth-order valence-corrected chi connectivity index (χ4v) is 2.78. The van der Waals surface area contributed by atoms with Gasteiger partial charge in [-0.3, -0.25) is 0 Å². The van der Waals surface area contributed by atoms with E-state index in [0.29, 0.717) is 6.04 Å². The van der Waals surface area contributed by atoms with Crippen LogP contribution < -0.4 is 5.32 Å². The number of nitrogens with zero attached hydrogens (tertiary/aromatic N) is 3. The van der Waals surface area contributed by atoms with Crippen LogP contribution in [0.1, 0.15) is 19.8 Å². The van der Waals surface area contributed by atoms with Crippen LogP contribution in [0, 0.1) is 5.92 Å². The molecule has 1 unspecified atom stereocenters. The molecule has 0 amide bonds. The van der Waals surface area contributed by atoms with Crippen molar-refractivity contribution in [1.29, 1.82) is 0 Å². The molecular formula is C10H18N4S. The first-order valence-corrected chi connectivity index (χ1v) is 6.50. The highest BCUT2D eigenvalue weighted by atomic mass is 32.2. The van der Waals surface area contributed by atoms with Crippen molar-refractivity contribution in [3.05, 3.63) is 6.33 Å². The summed E-state index contributed by atoms with van der Waals surface area (Å²) in [6, 6.07) is 0.650. The predicted molar refractivity (Wildman–Crippen MR) is 61.9 cm³/mol. The summed E-state index contributed by atoms with van der Waals surface area (Å²) in [6.45, 7) is 3.23. The summed E-state index contributed by atoms with van der Waals surface area (Å²) in [5.74, 6) is 2.00. The van der Waals surface area contributed by atoms with Gasteiger partial charge in [-0.2, -0.15) is 5.10 Å². The molecule has 1 aromatic heterocycles. The average molecular weight is 226 g/mol. The highest BCUT2D eigenvalue weighted by Crippen LogP contribution is 2.34. The molecule has 1 saturated carbocycles. The smallest absolute Gasteiger partial charge is 0.185 e. The molecule has 1 heterocycles. The second kappa shape index (κ2) is 4.99. The largest absolute Gasteiger partial charge is 0.313 e. The Morgan fingerprint density at radius 2 is 2.47 bits per heavy atom. The zero-order chi connectivity index (χ0) is 10.7. The molecule has 15 heavy (non-hydrogen) atoms. The summed E-state index contributed by atoms with van der Waals surface area (Å²) in [7, 11) is 1.94. The van der Waals surface area contributed by atoms with Crippen LogP contribution in [-0.2, 0) is 7.05 Å². The van der Waals surface area contributed by atoms with Crippen molar-refractivity contribution >= 4 is 11.8 Å². The van der Waals surface area contributed by atoms with Crippen LogP contribution in [0.25, 0.3) is 0 Å². The molecule has 1 aliphatic rings. The molecule has 1 N–H and O–H groups in total. The number of nitrogens with one attached hydrogen (secondary N) is 1. The van der Waals surface area contributed by atoms with E-state index in [1.807, 2.05) is 11.7 Å². The monoisotopic (exact) mass is 226 g/mol. The lowest BCUT2D eigenvalue weighted by molar-refractivity contribution is 0.518. The third-order valence-electron chi connectivity index (χ3n) is 2.72. The number of rotatable bonds is 6. The van der Waals surface area contributed by atoms with Gasteiger partial charge in [0.1, 0.15) is 6.33 Å². The Labute approximate surface area is 94.8 Å². The topological polar surface area (TPSA) is 42.7 Å². The molecule has 0 bridgehead atoms. The minimum atomic E-state index is 0.650. The molecule has 0 aromatic carbocycles. The van der Waals surface area contributed by atoms with E-state index in [1.54, 1.807) is 18.1 Å². The van der Waals surface area contributed by atoms with Crippen molar-refractivity contribution in [3.8, 4) is 0 Å². The quantitative estimate of drug-likeness (QED) is 0.742. The summed E-state index contributed by atoms with van der Waals surface area (Å²) in [5.41, 5.74) is 0. The lowest BCUT2D eigenvalue weighted by Crippen LogP contribution is -2.33. The van der Waals surface area contributed by atoms with Crippen LogP contribution in [0.5, 0.6) is 0 Å². The lowest BCUT2D eigenvalue weighted by Gasteiger charge is -2.15. The van der Waals surface area contributed by atoms with Crippen LogP contribution in [0.3, 0.4) is 0 Å². The maximum atomic E-state index is 4.21. The summed E-state index contributed by atoms with van der Waals surface area (Å²) >= 11 is 1.80. The van der Waals surface area contributed by atoms with Crippen molar-refractivity contribution in [1.82, 2.24) is 20.1 Å². The number of thioether (sulfide) groups is 1. The normalized spacial score (nSPS) is 18.0. The van der Waals surface area contributed by atoms with Gasteiger partial charge in [0, 0.05) is 18.8 Å². The average Bonchev–Trinajstić information content (AvgIpc) is 2.98. The summed E-state index contributed by atoms with van der Waals surface area (Å²) < 4.78 is 1.83. The summed E-state index contributed by atoms with van der Waals surface area (Å²) in [5, 5.41) is 8.63. The van der Waals surface area contributed by atoms with E-state index in [9.17, 15) is 0 Å². The Balaban J connectivity index is 1.82. The fraction of sp³-hybridized carbons (Fsp3) is 0.800. The number of aryl methyl sites for hydroxylation is 1. The molecular weight excluding hydrogens is 208 g/mol. The van der Waals surface area contributed by atoms with Crippen LogP contribution in [0.15, 0.2) is 11.5 Å². The van der Waals surface area contributed by atoms with Crippen LogP contribution >= 0.6 is 11.8 Å². The van der Waals surface area contributed by atoms with Gasteiger partial charge in [0.2, 0.25) is 0 Å². The molecule has 4 nitrogen and oxygen atoms in total. The van der Waals surface area contributed by atoms with Gasteiger partial charge in [0.05, 0.1) is 0 Å². The van der Waals surface area contributed by atoms with Gasteiger partial charge >= 0.3 is 0 Å². The fourth-order valence-electron chi connectivity index (χ4n) is 1.70. The second-order valence-corrected chi connectivity index (χ2v) is 4.97. The zero-order valence-electron chi connectivity index (χ0n) is 9.31. The molecule has 0 radical (unpaired) electrons. The Hall–Kier alpha value is -0.550. The number of hydrogen-bond donors (Lipinski definition) is 1. The molecule has 0 aliphatic heterocycles. The second-order valence-electron chi connectivity index (χ2n) is 3.98. The maximum Gasteiger partial charge on any atom is 0.185 e. The molecule has 1 aromatic rings. The van der Waals surface area contributed by atoms with Crippen molar-refractivity contribution in [3.63, 3.8) is 0 Å². The molecule has 1 fully saturated rings. The van der Waals surface area contributed by atoms with Gasteiger partial charge in [0.25, 0.3) is 0 Å². The van der Waals surface area contributed by atoms with E-state index in [-0.39, 0.29) is 0 Å². The Kier molecular flexibility index (Phi) is 3.64. The SMILES string of the molecule is CCNC(CSc1ncnn1C)C1CC1. The Morgan fingerprint density at radius 1 is 1.67 bits per heavy atom. The van der Waals surface area contributed by atoms with Gasteiger partial charge < -0.3 is 5.32 Å². The van der Waals surface area contributed by atoms with Crippen LogP contribution in [-0.4, -0.2) is 33.1 Å². The third-order valence-corrected chi connectivity index (χ3v) is 3.87. The minimum Gasteiger partial charge on any atom is -0.313 e. The number of hydrogen-bond acceptors (Lipinski definition) is 4. The first-order chi connectivity index (χ1) is 7.31.